The first-order valence-electron chi connectivity index (χ1n) is 3.49. The maximum absolute atomic E-state index is 4.19. The van der Waals surface area contributed by atoms with E-state index in [1.54, 1.807) is 11.8 Å². The summed E-state index contributed by atoms with van der Waals surface area (Å²) >= 11 is 1.71. The van der Waals surface area contributed by atoms with E-state index in [0.29, 0.717) is 0 Å². The zero-order valence-electron chi connectivity index (χ0n) is 6.58. The molecule has 2 heteroatoms. The Balaban J connectivity index is 2.63. The topological polar surface area (TPSA) is 12.9 Å². The van der Waals surface area contributed by atoms with Gasteiger partial charge in [0.05, 0.1) is 5.03 Å². The molecule has 0 radical (unpaired) electrons. The predicted octanol–water partition coefficient (Wildman–Crippen LogP) is 2.67. The van der Waals surface area contributed by atoms with Gasteiger partial charge in [-0.05, 0) is 24.6 Å². The fourth-order valence-corrected chi connectivity index (χ4v) is 1.42. The minimum atomic E-state index is 0.927. The summed E-state index contributed by atoms with van der Waals surface area (Å²) in [6.07, 6.45) is 3.72. The molecule has 0 aromatic carbocycles. The van der Waals surface area contributed by atoms with E-state index < -0.39 is 0 Å². The Morgan fingerprint density at radius 2 is 2.55 bits per heavy atom. The molecular weight excluding hydrogens is 154 g/mol. The molecule has 0 saturated heterocycles. The Morgan fingerprint density at radius 1 is 1.73 bits per heavy atom. The Morgan fingerprint density at radius 3 is 3.18 bits per heavy atom. The number of aromatic nitrogens is 1. The Hall–Kier alpha value is -0.760. The van der Waals surface area contributed by atoms with Crippen LogP contribution < -0.4 is 0 Å². The Kier molecular flexibility index (Phi) is 3.17. The maximum atomic E-state index is 4.19. The predicted molar refractivity (Wildman–Crippen MR) is 49.9 cm³/mol. The van der Waals surface area contributed by atoms with Gasteiger partial charge in [0, 0.05) is 11.9 Å². The van der Waals surface area contributed by atoms with Crippen molar-refractivity contribution < 1.29 is 0 Å². The van der Waals surface area contributed by atoms with E-state index in [0.717, 1.165) is 10.8 Å². The molecule has 0 amide bonds. The van der Waals surface area contributed by atoms with Gasteiger partial charge in [-0.15, -0.1) is 18.3 Å². The van der Waals surface area contributed by atoms with Gasteiger partial charge in [-0.25, -0.2) is 4.98 Å². The number of pyridine rings is 1. The molecule has 0 aliphatic rings. The second kappa shape index (κ2) is 4.19. The number of nitrogens with zero attached hydrogens (tertiary/aromatic N) is 1. The summed E-state index contributed by atoms with van der Waals surface area (Å²) in [4.78, 5) is 4.19. The van der Waals surface area contributed by atoms with Gasteiger partial charge >= 0.3 is 0 Å². The van der Waals surface area contributed by atoms with Crippen LogP contribution in [0.15, 0.2) is 36.0 Å². The summed E-state index contributed by atoms with van der Waals surface area (Å²) in [5.74, 6) is 0.927. The molecular formula is C9H11NS. The maximum Gasteiger partial charge on any atom is 0.0965 e. The van der Waals surface area contributed by atoms with Crippen molar-refractivity contribution in [2.75, 3.05) is 5.75 Å². The lowest BCUT2D eigenvalue weighted by atomic mass is 10.3. The Labute approximate surface area is 71.5 Å². The molecule has 1 nitrogen and oxygen atoms in total. The van der Waals surface area contributed by atoms with Crippen molar-refractivity contribution in [1.82, 2.24) is 4.98 Å². The molecule has 1 aromatic rings. The summed E-state index contributed by atoms with van der Waals surface area (Å²) in [6, 6.07) is 4.08. The van der Waals surface area contributed by atoms with E-state index in [1.165, 1.54) is 5.56 Å². The van der Waals surface area contributed by atoms with E-state index >= 15 is 0 Å². The molecule has 0 fully saturated rings. The summed E-state index contributed by atoms with van der Waals surface area (Å²) < 4.78 is 0. The van der Waals surface area contributed by atoms with Gasteiger partial charge < -0.3 is 0 Å². The van der Waals surface area contributed by atoms with E-state index in [-0.39, 0.29) is 0 Å². The monoisotopic (exact) mass is 165 g/mol. The number of hydrogen-bond acceptors (Lipinski definition) is 2. The van der Waals surface area contributed by atoms with Crippen LogP contribution in [0.3, 0.4) is 0 Å². The first kappa shape index (κ1) is 8.34. The fourth-order valence-electron chi connectivity index (χ4n) is 0.732. The van der Waals surface area contributed by atoms with Crippen molar-refractivity contribution in [2.24, 2.45) is 0 Å². The highest BCUT2D eigenvalue weighted by Crippen LogP contribution is 2.15. The van der Waals surface area contributed by atoms with Crippen LogP contribution in [0.1, 0.15) is 5.56 Å². The third kappa shape index (κ3) is 2.76. The van der Waals surface area contributed by atoms with Crippen LogP contribution in [0.2, 0.25) is 0 Å². The average molecular weight is 165 g/mol. The molecule has 0 atom stereocenters. The first-order valence-corrected chi connectivity index (χ1v) is 4.48. The third-order valence-corrected chi connectivity index (χ3v) is 2.16. The second-order valence-electron chi connectivity index (χ2n) is 2.27. The normalized spacial score (nSPS) is 9.55. The average Bonchev–Trinajstić information content (AvgIpc) is 2.01. The van der Waals surface area contributed by atoms with Gasteiger partial charge in [-0.3, -0.25) is 0 Å². The lowest BCUT2D eigenvalue weighted by Crippen LogP contribution is -1.80. The van der Waals surface area contributed by atoms with Crippen molar-refractivity contribution in [3.8, 4) is 0 Å². The molecule has 0 unspecified atom stereocenters. The molecule has 1 rings (SSSR count). The highest BCUT2D eigenvalue weighted by molar-refractivity contribution is 7.99. The van der Waals surface area contributed by atoms with Crippen molar-refractivity contribution in [3.05, 3.63) is 36.5 Å². The third-order valence-electron chi connectivity index (χ3n) is 1.24. The molecule has 1 aromatic heterocycles. The molecule has 0 saturated carbocycles. The van der Waals surface area contributed by atoms with E-state index in [4.69, 9.17) is 0 Å². The van der Waals surface area contributed by atoms with Crippen LogP contribution in [0.4, 0.5) is 0 Å². The van der Waals surface area contributed by atoms with Gasteiger partial charge in [0.1, 0.15) is 0 Å². The molecule has 0 N–H and O–H groups in total. The first-order chi connectivity index (χ1) is 5.33. The summed E-state index contributed by atoms with van der Waals surface area (Å²) in [5, 5.41) is 1.07. The van der Waals surface area contributed by atoms with E-state index in [1.807, 2.05) is 18.3 Å². The summed E-state index contributed by atoms with van der Waals surface area (Å²) in [6.45, 7) is 5.72. The number of hydrogen-bond donors (Lipinski definition) is 0. The Bertz CT molecular complexity index is 245. The second-order valence-corrected chi connectivity index (χ2v) is 3.31. The largest absolute Gasteiger partial charge is 0.250 e. The van der Waals surface area contributed by atoms with Gasteiger partial charge in [0.15, 0.2) is 0 Å². The number of thioether (sulfide) groups is 1. The fraction of sp³-hybridized carbons (Fsp3) is 0.222. The minimum Gasteiger partial charge on any atom is -0.250 e. The van der Waals surface area contributed by atoms with Gasteiger partial charge in [0.2, 0.25) is 0 Å². The summed E-state index contributed by atoms with van der Waals surface area (Å²) in [5.41, 5.74) is 1.26. The van der Waals surface area contributed by atoms with E-state index in [9.17, 15) is 0 Å². The highest BCUT2D eigenvalue weighted by atomic mass is 32.2. The zero-order chi connectivity index (χ0) is 8.10. The SMILES string of the molecule is C=CCSc1cc(C)ccn1. The zero-order valence-corrected chi connectivity index (χ0v) is 7.40. The molecule has 0 aliphatic carbocycles. The molecule has 0 spiro atoms. The number of rotatable bonds is 3. The molecule has 0 aliphatic heterocycles. The number of aryl methyl sites for hydroxylation is 1. The summed E-state index contributed by atoms with van der Waals surface area (Å²) in [7, 11) is 0. The van der Waals surface area contributed by atoms with Crippen molar-refractivity contribution in [2.45, 2.75) is 11.9 Å². The minimum absolute atomic E-state index is 0.927. The van der Waals surface area contributed by atoms with Gasteiger partial charge in [0.25, 0.3) is 0 Å². The van der Waals surface area contributed by atoms with Crippen molar-refractivity contribution in [1.29, 1.82) is 0 Å². The van der Waals surface area contributed by atoms with E-state index in [2.05, 4.69) is 24.6 Å². The molecule has 58 valence electrons. The standard InChI is InChI=1S/C9H11NS/c1-3-6-11-9-7-8(2)4-5-10-9/h3-5,7H,1,6H2,2H3. The highest BCUT2D eigenvalue weighted by Gasteiger charge is 1.91. The molecule has 0 bridgehead atoms. The van der Waals surface area contributed by atoms with Crippen LogP contribution in [-0.4, -0.2) is 10.7 Å². The van der Waals surface area contributed by atoms with Gasteiger partial charge in [-0.2, -0.15) is 0 Å². The van der Waals surface area contributed by atoms with Crippen molar-refractivity contribution >= 4 is 11.8 Å². The lowest BCUT2D eigenvalue weighted by Gasteiger charge is -1.97. The van der Waals surface area contributed by atoms with Gasteiger partial charge in [-0.1, -0.05) is 6.08 Å². The molecule has 1 heterocycles. The van der Waals surface area contributed by atoms with Crippen LogP contribution in [0.25, 0.3) is 0 Å². The van der Waals surface area contributed by atoms with Crippen LogP contribution >= 0.6 is 11.8 Å². The van der Waals surface area contributed by atoms with Crippen molar-refractivity contribution in [3.63, 3.8) is 0 Å². The van der Waals surface area contributed by atoms with Crippen LogP contribution in [-0.2, 0) is 0 Å². The van der Waals surface area contributed by atoms with Crippen LogP contribution in [0, 0.1) is 6.92 Å². The quantitative estimate of drug-likeness (QED) is 0.504. The smallest absolute Gasteiger partial charge is 0.0965 e. The van der Waals surface area contributed by atoms with Crippen LogP contribution in [0.5, 0.6) is 0 Å². The lowest BCUT2D eigenvalue weighted by molar-refractivity contribution is 1.11. The molecule has 11 heavy (non-hydrogen) atoms.